The molecule has 0 atom stereocenters. The van der Waals surface area contributed by atoms with Crippen molar-refractivity contribution in [3.05, 3.63) is 42.0 Å². The van der Waals surface area contributed by atoms with E-state index in [1.807, 2.05) is 12.1 Å². The third kappa shape index (κ3) is 3.49. The van der Waals surface area contributed by atoms with Crippen LogP contribution in [0.4, 0.5) is 0 Å². The molecule has 0 radical (unpaired) electrons. The van der Waals surface area contributed by atoms with Gasteiger partial charge in [-0.3, -0.25) is 0 Å². The van der Waals surface area contributed by atoms with E-state index in [1.165, 1.54) is 10.9 Å². The highest BCUT2D eigenvalue weighted by atomic mass is 16.5. The molecule has 2 rings (SSSR count). The smallest absolute Gasteiger partial charge is 0.126 e. The van der Waals surface area contributed by atoms with Gasteiger partial charge in [-0.25, -0.2) is 0 Å². The molecule has 0 amide bonds. The molecule has 3 nitrogen and oxygen atoms in total. The predicted octanol–water partition coefficient (Wildman–Crippen LogP) is 3.63. The van der Waals surface area contributed by atoms with Crippen molar-refractivity contribution >= 4 is 10.8 Å². The Morgan fingerprint density at radius 1 is 1.10 bits per heavy atom. The molecule has 0 saturated carbocycles. The lowest BCUT2D eigenvalue weighted by Gasteiger charge is -2.11. The van der Waals surface area contributed by atoms with Gasteiger partial charge in [0.15, 0.2) is 0 Å². The van der Waals surface area contributed by atoms with E-state index in [-0.39, 0.29) is 0 Å². The van der Waals surface area contributed by atoms with Gasteiger partial charge in [-0.05, 0) is 36.4 Å². The van der Waals surface area contributed by atoms with E-state index in [0.717, 1.165) is 37.1 Å². The molecule has 0 unspecified atom stereocenters. The van der Waals surface area contributed by atoms with Crippen LogP contribution in [0.3, 0.4) is 0 Å². The molecule has 0 bridgehead atoms. The van der Waals surface area contributed by atoms with Crippen LogP contribution in [0.5, 0.6) is 5.75 Å². The molecule has 104 valence electrons. The van der Waals surface area contributed by atoms with Gasteiger partial charge in [0.25, 0.3) is 0 Å². The van der Waals surface area contributed by atoms with Gasteiger partial charge in [0.1, 0.15) is 5.75 Å². The maximum Gasteiger partial charge on any atom is 0.126 e. The van der Waals surface area contributed by atoms with Crippen molar-refractivity contribution in [1.82, 2.24) is 5.32 Å². The maximum atomic E-state index is 8.49. The molecule has 0 aliphatic carbocycles. The van der Waals surface area contributed by atoms with E-state index >= 15 is 0 Å². The number of nitrogens with zero attached hydrogens (tertiary/aromatic N) is 1. The van der Waals surface area contributed by atoms with Crippen molar-refractivity contribution in [2.45, 2.75) is 25.8 Å². The second kappa shape index (κ2) is 7.52. The molecule has 0 aromatic heterocycles. The number of unbranched alkanes of at least 4 members (excludes halogenated alkanes) is 2. The number of hydrogen-bond acceptors (Lipinski definition) is 3. The summed E-state index contributed by atoms with van der Waals surface area (Å²) in [6.07, 6.45) is 2.65. The summed E-state index contributed by atoms with van der Waals surface area (Å²) >= 11 is 0. The van der Waals surface area contributed by atoms with Crippen molar-refractivity contribution in [2.24, 2.45) is 0 Å². The van der Waals surface area contributed by atoms with E-state index in [9.17, 15) is 0 Å². The van der Waals surface area contributed by atoms with Gasteiger partial charge in [0, 0.05) is 18.4 Å². The quantitative estimate of drug-likeness (QED) is 0.780. The number of ether oxygens (including phenoxy) is 1. The van der Waals surface area contributed by atoms with Gasteiger partial charge in [0.05, 0.1) is 13.2 Å². The first-order valence-corrected chi connectivity index (χ1v) is 6.99. The molecular weight excluding hydrogens is 248 g/mol. The second-order valence-corrected chi connectivity index (χ2v) is 4.76. The van der Waals surface area contributed by atoms with Gasteiger partial charge >= 0.3 is 0 Å². The highest BCUT2D eigenvalue weighted by Gasteiger charge is 2.05. The van der Waals surface area contributed by atoms with Gasteiger partial charge in [-0.15, -0.1) is 0 Å². The Kier molecular flexibility index (Phi) is 5.40. The number of hydrogen-bond donors (Lipinski definition) is 1. The van der Waals surface area contributed by atoms with Crippen molar-refractivity contribution < 1.29 is 4.74 Å². The van der Waals surface area contributed by atoms with Gasteiger partial charge < -0.3 is 10.1 Å². The first kappa shape index (κ1) is 14.4. The molecule has 2 aromatic carbocycles. The Bertz CT molecular complexity index is 601. The maximum absolute atomic E-state index is 8.49. The summed E-state index contributed by atoms with van der Waals surface area (Å²) < 4.78 is 5.40. The van der Waals surface area contributed by atoms with Crippen LogP contribution < -0.4 is 10.1 Å². The van der Waals surface area contributed by atoms with Crippen molar-refractivity contribution in [3.63, 3.8) is 0 Å². The van der Waals surface area contributed by atoms with E-state index in [0.29, 0.717) is 6.42 Å². The fourth-order valence-electron chi connectivity index (χ4n) is 2.34. The minimum atomic E-state index is 0.646. The molecule has 0 heterocycles. The number of nitrogens with one attached hydrogen (secondary N) is 1. The largest absolute Gasteiger partial charge is 0.496 e. The topological polar surface area (TPSA) is 45.0 Å². The summed E-state index contributed by atoms with van der Waals surface area (Å²) in [6, 6.07) is 14.6. The number of fused-ring (bicyclic) bond motifs is 1. The molecule has 1 N–H and O–H groups in total. The van der Waals surface area contributed by atoms with E-state index < -0.39 is 0 Å². The minimum absolute atomic E-state index is 0.646. The third-order valence-electron chi connectivity index (χ3n) is 3.40. The van der Waals surface area contributed by atoms with Crippen LogP contribution in [0, 0.1) is 11.3 Å². The van der Waals surface area contributed by atoms with Crippen LogP contribution >= 0.6 is 0 Å². The lowest BCUT2D eigenvalue weighted by molar-refractivity contribution is 0.419. The van der Waals surface area contributed by atoms with Gasteiger partial charge in [-0.2, -0.15) is 5.26 Å². The van der Waals surface area contributed by atoms with Crippen molar-refractivity contribution in [1.29, 1.82) is 5.26 Å². The molecule has 0 saturated heterocycles. The number of nitriles is 1. The molecule has 0 spiro atoms. The van der Waals surface area contributed by atoms with E-state index in [4.69, 9.17) is 10.00 Å². The zero-order valence-corrected chi connectivity index (χ0v) is 11.9. The van der Waals surface area contributed by atoms with Gasteiger partial charge in [0.2, 0.25) is 0 Å². The zero-order chi connectivity index (χ0) is 14.2. The SMILES string of the molecule is COc1ccc(CNCCCCC#N)c2ccccc12. The minimum Gasteiger partial charge on any atom is -0.496 e. The summed E-state index contributed by atoms with van der Waals surface area (Å²) in [7, 11) is 1.70. The number of rotatable bonds is 7. The fourth-order valence-corrected chi connectivity index (χ4v) is 2.34. The fraction of sp³-hybridized carbons (Fsp3) is 0.353. The third-order valence-corrected chi connectivity index (χ3v) is 3.40. The van der Waals surface area contributed by atoms with E-state index in [1.54, 1.807) is 7.11 Å². The normalized spacial score (nSPS) is 10.4. The number of benzene rings is 2. The Labute approximate surface area is 120 Å². The van der Waals surface area contributed by atoms with Crippen LogP contribution in [0.25, 0.3) is 10.8 Å². The second-order valence-electron chi connectivity index (χ2n) is 4.76. The highest BCUT2D eigenvalue weighted by Crippen LogP contribution is 2.28. The van der Waals surface area contributed by atoms with Crippen molar-refractivity contribution in [3.8, 4) is 11.8 Å². The average Bonchev–Trinajstić information content (AvgIpc) is 2.50. The summed E-state index contributed by atoms with van der Waals surface area (Å²) in [4.78, 5) is 0. The molecule has 20 heavy (non-hydrogen) atoms. The molecular formula is C17H20N2O. The average molecular weight is 268 g/mol. The van der Waals surface area contributed by atoms with Crippen LogP contribution in [-0.2, 0) is 6.54 Å². The summed E-state index contributed by atoms with van der Waals surface area (Å²) in [5.74, 6) is 0.915. The molecule has 0 aliphatic rings. The lowest BCUT2D eigenvalue weighted by Crippen LogP contribution is -2.14. The summed E-state index contributed by atoms with van der Waals surface area (Å²) in [6.45, 7) is 1.79. The first-order chi connectivity index (χ1) is 9.86. The first-order valence-electron chi connectivity index (χ1n) is 6.99. The molecule has 3 heteroatoms. The Hall–Kier alpha value is -2.05. The number of methoxy groups -OCH3 is 1. The summed E-state index contributed by atoms with van der Waals surface area (Å²) in [5, 5.41) is 14.3. The van der Waals surface area contributed by atoms with Crippen molar-refractivity contribution in [2.75, 3.05) is 13.7 Å². The summed E-state index contributed by atoms with van der Waals surface area (Å²) in [5.41, 5.74) is 1.28. The van der Waals surface area contributed by atoms with Crippen LogP contribution in [0.1, 0.15) is 24.8 Å². The zero-order valence-electron chi connectivity index (χ0n) is 11.9. The highest BCUT2D eigenvalue weighted by molar-refractivity contribution is 5.91. The molecule has 0 fully saturated rings. The lowest BCUT2D eigenvalue weighted by atomic mass is 10.0. The predicted molar refractivity (Wildman–Crippen MR) is 81.7 cm³/mol. The Balaban J connectivity index is 2.02. The van der Waals surface area contributed by atoms with E-state index in [2.05, 4.69) is 35.7 Å². The monoisotopic (exact) mass is 268 g/mol. The van der Waals surface area contributed by atoms with Crippen LogP contribution in [0.15, 0.2) is 36.4 Å². The molecule has 2 aromatic rings. The Morgan fingerprint density at radius 2 is 1.90 bits per heavy atom. The van der Waals surface area contributed by atoms with Crippen LogP contribution in [-0.4, -0.2) is 13.7 Å². The van der Waals surface area contributed by atoms with Crippen LogP contribution in [0.2, 0.25) is 0 Å². The standard InChI is InChI=1S/C17H20N2O/c1-20-17-10-9-14(13-19-12-6-2-5-11-18)15-7-3-4-8-16(15)17/h3-4,7-10,19H,2,5-6,12-13H2,1H3. The molecule has 0 aliphatic heterocycles. The van der Waals surface area contributed by atoms with Gasteiger partial charge in [-0.1, -0.05) is 30.3 Å². The Morgan fingerprint density at radius 3 is 2.65 bits per heavy atom.